The van der Waals surface area contributed by atoms with Crippen LogP contribution in [0.25, 0.3) is 0 Å². The molecule has 0 aromatic carbocycles. The summed E-state index contributed by atoms with van der Waals surface area (Å²) < 4.78 is 0. The summed E-state index contributed by atoms with van der Waals surface area (Å²) in [7, 11) is -1.35. The zero-order valence-corrected chi connectivity index (χ0v) is 9.17. The van der Waals surface area contributed by atoms with Crippen molar-refractivity contribution in [3.05, 3.63) is 0 Å². The summed E-state index contributed by atoms with van der Waals surface area (Å²) in [4.78, 5) is 11.0. The largest absolute Gasteiger partial charge is 0.480 e. The highest BCUT2D eigenvalue weighted by Crippen LogP contribution is 2.40. The molecule has 1 fully saturated rings. The highest BCUT2D eigenvalue weighted by atomic mass is 16.4. The quantitative estimate of drug-likeness (QED) is 0.370. The molecular weight excluding hydrogens is 211 g/mol. The van der Waals surface area contributed by atoms with Gasteiger partial charge < -0.3 is 26.6 Å². The fourth-order valence-electron chi connectivity index (χ4n) is 2.50. The minimum atomic E-state index is -1.35. The van der Waals surface area contributed by atoms with E-state index in [4.69, 9.17) is 26.6 Å². The van der Waals surface area contributed by atoms with Crippen LogP contribution in [0.5, 0.6) is 0 Å². The van der Waals surface area contributed by atoms with Crippen LogP contribution in [0.15, 0.2) is 0 Å². The van der Waals surface area contributed by atoms with Crippen molar-refractivity contribution in [1.29, 1.82) is 0 Å². The van der Waals surface area contributed by atoms with Gasteiger partial charge in [-0.25, -0.2) is 0 Å². The molecule has 7 heteroatoms. The zero-order valence-electron chi connectivity index (χ0n) is 9.17. The van der Waals surface area contributed by atoms with Crippen molar-refractivity contribution in [2.24, 2.45) is 23.3 Å². The fraction of sp³-hybridized carbons (Fsp3) is 0.889. The summed E-state index contributed by atoms with van der Waals surface area (Å²) in [5.74, 6) is -0.884. The average molecular weight is 230 g/mol. The maximum atomic E-state index is 11.0. The van der Waals surface area contributed by atoms with Gasteiger partial charge in [-0.3, -0.25) is 4.79 Å². The Balaban J connectivity index is 2.60. The summed E-state index contributed by atoms with van der Waals surface area (Å²) in [6.07, 6.45) is 1.50. The molecule has 0 amide bonds. The lowest BCUT2D eigenvalue weighted by Crippen LogP contribution is -2.45. The van der Waals surface area contributed by atoms with Gasteiger partial charge in [0.1, 0.15) is 5.54 Å². The van der Waals surface area contributed by atoms with Crippen LogP contribution in [0.3, 0.4) is 0 Å². The Labute approximate surface area is 94.8 Å². The van der Waals surface area contributed by atoms with Crippen molar-refractivity contribution in [3.8, 4) is 0 Å². The summed E-state index contributed by atoms with van der Waals surface area (Å²) >= 11 is 0. The van der Waals surface area contributed by atoms with Gasteiger partial charge in [-0.15, -0.1) is 0 Å². The molecule has 0 saturated heterocycles. The molecule has 0 aromatic heterocycles. The number of hydrogen-bond acceptors (Lipinski definition) is 5. The zero-order chi connectivity index (χ0) is 12.3. The van der Waals surface area contributed by atoms with Gasteiger partial charge in [0.05, 0.1) is 0 Å². The molecule has 1 aliphatic rings. The maximum Gasteiger partial charge on any atom is 0.451 e. The van der Waals surface area contributed by atoms with Crippen LogP contribution in [-0.2, 0) is 4.79 Å². The Morgan fingerprint density at radius 1 is 1.38 bits per heavy atom. The van der Waals surface area contributed by atoms with Crippen molar-refractivity contribution < 1.29 is 19.9 Å². The standard InChI is InChI=1S/C9H19BN2O4/c11-5-7-4-9(12,8(13)14)3-6(7)1-2-10(15)16/h6-7,15-16H,1-5,11-12H2,(H,13,14)/t6-,7+,9+/m1/s1. The number of carboxylic acids is 1. The predicted molar refractivity (Wildman–Crippen MR) is 59.4 cm³/mol. The number of nitrogens with two attached hydrogens (primary N) is 2. The van der Waals surface area contributed by atoms with Crippen molar-refractivity contribution in [1.82, 2.24) is 0 Å². The van der Waals surface area contributed by atoms with Crippen LogP contribution in [-0.4, -0.2) is 40.3 Å². The molecule has 0 heterocycles. The molecule has 1 rings (SSSR count). The van der Waals surface area contributed by atoms with E-state index in [9.17, 15) is 4.79 Å². The van der Waals surface area contributed by atoms with Gasteiger partial charge in [0.25, 0.3) is 0 Å². The summed E-state index contributed by atoms with van der Waals surface area (Å²) in [6.45, 7) is 0.387. The van der Waals surface area contributed by atoms with Crippen molar-refractivity contribution in [3.63, 3.8) is 0 Å². The molecule has 1 saturated carbocycles. The molecule has 92 valence electrons. The number of carbonyl (C=O) groups is 1. The minimum Gasteiger partial charge on any atom is -0.480 e. The Morgan fingerprint density at radius 2 is 1.94 bits per heavy atom. The second-order valence-corrected chi connectivity index (χ2v) is 4.68. The normalized spacial score (nSPS) is 34.0. The molecule has 3 atom stereocenters. The van der Waals surface area contributed by atoms with E-state index in [2.05, 4.69) is 0 Å². The van der Waals surface area contributed by atoms with Crippen LogP contribution in [0.2, 0.25) is 6.32 Å². The topological polar surface area (TPSA) is 130 Å². The van der Waals surface area contributed by atoms with Crippen LogP contribution in [0.4, 0.5) is 0 Å². The van der Waals surface area contributed by atoms with Crippen molar-refractivity contribution in [2.75, 3.05) is 6.54 Å². The summed E-state index contributed by atoms with van der Waals surface area (Å²) in [5, 5.41) is 26.6. The third-order valence-electron chi connectivity index (χ3n) is 3.44. The maximum absolute atomic E-state index is 11.0. The first-order valence-electron chi connectivity index (χ1n) is 5.47. The molecule has 0 unspecified atom stereocenters. The predicted octanol–water partition coefficient (Wildman–Crippen LogP) is -1.38. The Morgan fingerprint density at radius 3 is 2.38 bits per heavy atom. The third kappa shape index (κ3) is 2.94. The van der Waals surface area contributed by atoms with E-state index in [-0.39, 0.29) is 18.2 Å². The molecular formula is C9H19BN2O4. The smallest absolute Gasteiger partial charge is 0.451 e. The Kier molecular flexibility index (Phi) is 4.31. The second-order valence-electron chi connectivity index (χ2n) is 4.68. The van der Waals surface area contributed by atoms with Gasteiger partial charge in [-0.05, 0) is 37.5 Å². The monoisotopic (exact) mass is 230 g/mol. The van der Waals surface area contributed by atoms with Crippen LogP contribution < -0.4 is 11.5 Å². The first-order chi connectivity index (χ1) is 7.39. The van der Waals surface area contributed by atoms with Gasteiger partial charge in [0, 0.05) is 0 Å². The number of carboxylic acid groups (broad SMARTS) is 1. The Hall–Kier alpha value is -0.625. The number of rotatable bonds is 5. The Bertz CT molecular complexity index is 264. The minimum absolute atomic E-state index is 0.0554. The lowest BCUT2D eigenvalue weighted by molar-refractivity contribution is -0.143. The van der Waals surface area contributed by atoms with Gasteiger partial charge in [0.15, 0.2) is 0 Å². The molecule has 0 spiro atoms. The highest BCUT2D eigenvalue weighted by molar-refractivity contribution is 6.40. The van der Waals surface area contributed by atoms with Crippen LogP contribution >= 0.6 is 0 Å². The van der Waals surface area contributed by atoms with Crippen LogP contribution in [0, 0.1) is 11.8 Å². The van der Waals surface area contributed by atoms with E-state index in [0.29, 0.717) is 25.8 Å². The van der Waals surface area contributed by atoms with Crippen LogP contribution in [0.1, 0.15) is 19.3 Å². The second kappa shape index (κ2) is 5.14. The third-order valence-corrected chi connectivity index (χ3v) is 3.44. The van der Waals surface area contributed by atoms with Gasteiger partial charge >= 0.3 is 13.1 Å². The first-order valence-corrected chi connectivity index (χ1v) is 5.47. The molecule has 6 nitrogen and oxygen atoms in total. The molecule has 0 aromatic rings. The molecule has 1 aliphatic carbocycles. The molecule has 0 aliphatic heterocycles. The van der Waals surface area contributed by atoms with Gasteiger partial charge in [-0.2, -0.15) is 0 Å². The molecule has 0 radical (unpaired) electrons. The summed E-state index contributed by atoms with van der Waals surface area (Å²) in [5.41, 5.74) is 10.2. The number of hydrogen-bond donors (Lipinski definition) is 5. The van der Waals surface area contributed by atoms with E-state index in [1.807, 2.05) is 0 Å². The van der Waals surface area contributed by atoms with E-state index < -0.39 is 18.6 Å². The lowest BCUT2D eigenvalue weighted by Gasteiger charge is -2.17. The highest BCUT2D eigenvalue weighted by Gasteiger charge is 2.47. The molecule has 16 heavy (non-hydrogen) atoms. The lowest BCUT2D eigenvalue weighted by atomic mass is 9.78. The van der Waals surface area contributed by atoms with Gasteiger partial charge in [-0.1, -0.05) is 6.42 Å². The fourth-order valence-corrected chi connectivity index (χ4v) is 2.50. The van der Waals surface area contributed by atoms with Gasteiger partial charge in [0.2, 0.25) is 0 Å². The van der Waals surface area contributed by atoms with Crippen molar-refractivity contribution >= 4 is 13.1 Å². The average Bonchev–Trinajstić information content (AvgIpc) is 2.53. The SMILES string of the molecule is NC[C@@H]1C[C@](N)(C(=O)O)C[C@H]1CCB(O)O. The summed E-state index contributed by atoms with van der Waals surface area (Å²) in [6, 6.07) is 0. The van der Waals surface area contributed by atoms with E-state index in [1.54, 1.807) is 0 Å². The molecule has 0 bridgehead atoms. The molecule has 7 N–H and O–H groups in total. The van der Waals surface area contributed by atoms with E-state index in [1.165, 1.54) is 0 Å². The van der Waals surface area contributed by atoms with E-state index >= 15 is 0 Å². The number of aliphatic carboxylic acids is 1. The first kappa shape index (κ1) is 13.4. The van der Waals surface area contributed by atoms with E-state index in [0.717, 1.165) is 0 Å². The van der Waals surface area contributed by atoms with Crippen molar-refractivity contribution in [2.45, 2.75) is 31.1 Å².